The van der Waals surface area contributed by atoms with Crippen LogP contribution in [0.2, 0.25) is 0 Å². The van der Waals surface area contributed by atoms with Gasteiger partial charge in [-0.05, 0) is 23.3 Å². The minimum Gasteiger partial charge on any atom is -0.387 e. The summed E-state index contributed by atoms with van der Waals surface area (Å²) in [5.41, 5.74) is 2.64. The van der Waals surface area contributed by atoms with Crippen molar-refractivity contribution in [3.05, 3.63) is 41.6 Å². The Morgan fingerprint density at radius 3 is 2.94 bits per heavy atom. The highest BCUT2D eigenvalue weighted by Crippen LogP contribution is 2.52. The summed E-state index contributed by atoms with van der Waals surface area (Å²) in [6, 6.07) is 7.55. The van der Waals surface area contributed by atoms with Gasteiger partial charge in [0.15, 0.2) is 0 Å². The summed E-state index contributed by atoms with van der Waals surface area (Å²) < 4.78 is 5.46. The molecule has 4 heteroatoms. The third-order valence-corrected chi connectivity index (χ3v) is 3.65. The number of hydrogen-bond acceptors (Lipinski definition) is 4. The van der Waals surface area contributed by atoms with E-state index < -0.39 is 12.2 Å². The van der Waals surface area contributed by atoms with Crippen LogP contribution in [0.3, 0.4) is 0 Å². The Labute approximate surface area is 97.5 Å². The SMILES string of the molecule is O[C@@H]1[C@@H]2O[C@@H]2c2c(ccc3ncccc23)[C@H]1O. The molecule has 0 spiro atoms. The number of pyridine rings is 1. The van der Waals surface area contributed by atoms with Crippen LogP contribution < -0.4 is 0 Å². The molecule has 1 aromatic heterocycles. The lowest BCUT2D eigenvalue weighted by Crippen LogP contribution is -2.29. The molecular weight excluding hydrogens is 218 g/mol. The second-order valence-electron chi connectivity index (χ2n) is 4.60. The molecule has 4 nitrogen and oxygen atoms in total. The molecular formula is C13H11NO3. The van der Waals surface area contributed by atoms with Gasteiger partial charge in [0, 0.05) is 11.6 Å². The number of aliphatic hydroxyl groups is 2. The fourth-order valence-corrected chi connectivity index (χ4v) is 2.75. The second-order valence-corrected chi connectivity index (χ2v) is 4.60. The van der Waals surface area contributed by atoms with Gasteiger partial charge in [-0.1, -0.05) is 12.1 Å². The first-order chi connectivity index (χ1) is 8.27. The van der Waals surface area contributed by atoms with Crippen molar-refractivity contribution >= 4 is 10.9 Å². The lowest BCUT2D eigenvalue weighted by molar-refractivity contribution is 0.000103. The first-order valence-corrected chi connectivity index (χ1v) is 5.66. The topological polar surface area (TPSA) is 65.9 Å². The number of hydrogen-bond donors (Lipinski definition) is 2. The van der Waals surface area contributed by atoms with Crippen LogP contribution in [0.15, 0.2) is 30.5 Å². The molecule has 1 aromatic carbocycles. The van der Waals surface area contributed by atoms with Gasteiger partial charge in [0.25, 0.3) is 0 Å². The van der Waals surface area contributed by atoms with Gasteiger partial charge in [-0.2, -0.15) is 0 Å². The van der Waals surface area contributed by atoms with Crippen LogP contribution in [0, 0.1) is 0 Å². The molecule has 0 unspecified atom stereocenters. The summed E-state index contributed by atoms with van der Waals surface area (Å²) in [7, 11) is 0. The number of rotatable bonds is 0. The van der Waals surface area contributed by atoms with E-state index in [4.69, 9.17) is 4.74 Å². The van der Waals surface area contributed by atoms with Crippen molar-refractivity contribution in [2.45, 2.75) is 24.4 Å². The minimum absolute atomic E-state index is 0.0868. The molecule has 4 rings (SSSR count). The fourth-order valence-electron chi connectivity index (χ4n) is 2.75. The number of ether oxygens (including phenoxy) is 1. The highest BCUT2D eigenvalue weighted by Gasteiger charge is 2.54. The zero-order chi connectivity index (χ0) is 11.6. The normalized spacial score (nSPS) is 34.2. The molecule has 2 N–H and O–H groups in total. The molecule has 2 heterocycles. The zero-order valence-electron chi connectivity index (χ0n) is 8.95. The molecule has 1 aliphatic heterocycles. The van der Waals surface area contributed by atoms with Crippen LogP contribution in [0.5, 0.6) is 0 Å². The van der Waals surface area contributed by atoms with Gasteiger partial charge in [-0.15, -0.1) is 0 Å². The Kier molecular flexibility index (Phi) is 1.71. The largest absolute Gasteiger partial charge is 0.387 e. The number of nitrogens with zero attached hydrogens (tertiary/aromatic N) is 1. The van der Waals surface area contributed by atoms with E-state index in [1.54, 1.807) is 6.20 Å². The van der Waals surface area contributed by atoms with Crippen LogP contribution in [0.1, 0.15) is 23.3 Å². The number of benzene rings is 1. The van der Waals surface area contributed by atoms with E-state index in [0.29, 0.717) is 0 Å². The lowest BCUT2D eigenvalue weighted by Gasteiger charge is -2.24. The Balaban J connectivity index is 2.05. The Hall–Kier alpha value is -1.49. The van der Waals surface area contributed by atoms with E-state index in [9.17, 15) is 10.2 Å². The number of aliphatic hydroxyl groups excluding tert-OH is 2. The second kappa shape index (κ2) is 3.04. The van der Waals surface area contributed by atoms with Crippen molar-refractivity contribution in [3.63, 3.8) is 0 Å². The van der Waals surface area contributed by atoms with Gasteiger partial charge in [0.05, 0.1) is 5.52 Å². The number of fused-ring (bicyclic) bond motifs is 5. The molecule has 17 heavy (non-hydrogen) atoms. The van der Waals surface area contributed by atoms with Crippen molar-refractivity contribution in [3.8, 4) is 0 Å². The van der Waals surface area contributed by atoms with E-state index in [0.717, 1.165) is 22.0 Å². The quantitative estimate of drug-likeness (QED) is 0.663. The molecule has 1 saturated heterocycles. The molecule has 0 radical (unpaired) electrons. The maximum absolute atomic E-state index is 10.0. The van der Waals surface area contributed by atoms with Crippen molar-refractivity contribution < 1.29 is 14.9 Å². The van der Waals surface area contributed by atoms with Crippen LogP contribution >= 0.6 is 0 Å². The first kappa shape index (κ1) is 9.53. The molecule has 4 atom stereocenters. The molecule has 2 aromatic rings. The summed E-state index contributed by atoms with van der Waals surface area (Å²) in [6.45, 7) is 0. The van der Waals surface area contributed by atoms with E-state index in [1.807, 2.05) is 24.3 Å². The van der Waals surface area contributed by atoms with Crippen LogP contribution in [-0.2, 0) is 4.74 Å². The number of epoxide rings is 1. The molecule has 0 amide bonds. The van der Waals surface area contributed by atoms with Crippen molar-refractivity contribution in [2.24, 2.45) is 0 Å². The van der Waals surface area contributed by atoms with Crippen molar-refractivity contribution in [1.29, 1.82) is 0 Å². The van der Waals surface area contributed by atoms with E-state index in [-0.39, 0.29) is 12.2 Å². The predicted molar refractivity (Wildman–Crippen MR) is 60.3 cm³/mol. The monoisotopic (exact) mass is 229 g/mol. The average molecular weight is 229 g/mol. The molecule has 86 valence electrons. The summed E-state index contributed by atoms with van der Waals surface area (Å²) >= 11 is 0. The van der Waals surface area contributed by atoms with Crippen molar-refractivity contribution in [1.82, 2.24) is 4.98 Å². The maximum atomic E-state index is 10.0. The highest BCUT2D eigenvalue weighted by molar-refractivity contribution is 5.84. The molecule has 2 aliphatic rings. The first-order valence-electron chi connectivity index (χ1n) is 5.66. The standard InChI is InChI=1S/C13H11NO3/c15-10-7-3-4-8-6(2-1-5-14-8)9(7)12-13(17-12)11(10)16/h1-5,10-13,15-16H/t10-,11+,12-,13+/m1/s1. The Morgan fingerprint density at radius 2 is 2.06 bits per heavy atom. The Morgan fingerprint density at radius 1 is 1.18 bits per heavy atom. The average Bonchev–Trinajstić information content (AvgIpc) is 3.15. The Bertz CT molecular complexity index is 613. The smallest absolute Gasteiger partial charge is 0.118 e. The van der Waals surface area contributed by atoms with Gasteiger partial charge < -0.3 is 14.9 Å². The van der Waals surface area contributed by atoms with Crippen LogP contribution in [-0.4, -0.2) is 27.4 Å². The van der Waals surface area contributed by atoms with E-state index in [2.05, 4.69) is 4.98 Å². The lowest BCUT2D eigenvalue weighted by atomic mass is 9.85. The van der Waals surface area contributed by atoms with Crippen LogP contribution in [0.25, 0.3) is 10.9 Å². The third-order valence-electron chi connectivity index (χ3n) is 3.65. The number of aromatic nitrogens is 1. The van der Waals surface area contributed by atoms with Gasteiger partial charge in [0.2, 0.25) is 0 Å². The summed E-state index contributed by atoms with van der Waals surface area (Å²) in [6.07, 6.45) is -0.284. The van der Waals surface area contributed by atoms with E-state index >= 15 is 0 Å². The summed E-state index contributed by atoms with van der Waals surface area (Å²) in [5.74, 6) is 0. The zero-order valence-corrected chi connectivity index (χ0v) is 8.95. The van der Waals surface area contributed by atoms with Crippen molar-refractivity contribution in [2.75, 3.05) is 0 Å². The minimum atomic E-state index is -0.863. The predicted octanol–water partition coefficient (Wildman–Crippen LogP) is 1.08. The third kappa shape index (κ3) is 1.15. The van der Waals surface area contributed by atoms with Gasteiger partial charge in [0.1, 0.15) is 24.4 Å². The summed E-state index contributed by atoms with van der Waals surface area (Å²) in [4.78, 5) is 4.29. The van der Waals surface area contributed by atoms with Crippen LogP contribution in [0.4, 0.5) is 0 Å². The fraction of sp³-hybridized carbons (Fsp3) is 0.308. The van der Waals surface area contributed by atoms with Gasteiger partial charge in [-0.3, -0.25) is 4.98 Å². The maximum Gasteiger partial charge on any atom is 0.118 e. The molecule has 1 fully saturated rings. The molecule has 0 bridgehead atoms. The van der Waals surface area contributed by atoms with E-state index in [1.165, 1.54) is 0 Å². The van der Waals surface area contributed by atoms with Gasteiger partial charge in [-0.25, -0.2) is 0 Å². The summed E-state index contributed by atoms with van der Waals surface area (Å²) in [5, 5.41) is 20.9. The highest BCUT2D eigenvalue weighted by atomic mass is 16.6. The molecule has 1 aliphatic carbocycles. The molecule has 0 saturated carbocycles. The van der Waals surface area contributed by atoms with Gasteiger partial charge >= 0.3 is 0 Å².